The Hall–Kier alpha value is -7.09. The Kier molecular flexibility index (Phi) is 17.7. The van der Waals surface area contributed by atoms with Gasteiger partial charge in [0.25, 0.3) is 5.92 Å². The third kappa shape index (κ3) is 14.2. The fraction of sp³-hybridized carbons (Fsp3) is 0.426. The third-order valence-electron chi connectivity index (χ3n) is 13.0. The van der Waals surface area contributed by atoms with Crippen LogP contribution in [0, 0.1) is 29.4 Å². The molecule has 0 bridgehead atoms. The molecule has 456 valence electrons. The van der Waals surface area contributed by atoms with Gasteiger partial charge in [-0.3, -0.25) is 19.1 Å². The zero-order valence-corrected chi connectivity index (χ0v) is 46.9. The number of hydrogen-bond donors (Lipinski definition) is 4. The van der Waals surface area contributed by atoms with Gasteiger partial charge in [-0.2, -0.15) is 49.6 Å². The Morgan fingerprint density at radius 3 is 2.14 bits per heavy atom. The predicted molar refractivity (Wildman–Crippen MR) is 270 cm³/mol. The van der Waals surface area contributed by atoms with Crippen LogP contribution in [0.15, 0.2) is 42.5 Å². The summed E-state index contributed by atoms with van der Waals surface area (Å²) >= 11 is 6.63. The Morgan fingerprint density at radius 1 is 0.940 bits per heavy atom. The van der Waals surface area contributed by atoms with Crippen molar-refractivity contribution in [2.24, 2.45) is 5.92 Å². The summed E-state index contributed by atoms with van der Waals surface area (Å²) in [5, 5.41) is 17.7. The first kappa shape index (κ1) is 64.5. The van der Waals surface area contributed by atoms with Crippen LogP contribution in [0.25, 0.3) is 22.0 Å². The summed E-state index contributed by atoms with van der Waals surface area (Å²) in [4.78, 5) is 75.4. The van der Waals surface area contributed by atoms with Gasteiger partial charge in [-0.15, -0.1) is 0 Å². The third-order valence-corrected chi connectivity index (χ3v) is 16.7. The fourth-order valence-corrected chi connectivity index (χ4v) is 10.3. The number of sulfone groups is 1. The molecule has 4 atom stereocenters. The number of alkyl halides is 8. The van der Waals surface area contributed by atoms with E-state index in [9.17, 15) is 80.8 Å². The van der Waals surface area contributed by atoms with E-state index in [0.717, 1.165) is 49.6 Å². The summed E-state index contributed by atoms with van der Waals surface area (Å²) in [5.41, 5.74) is -6.81. The number of carboxylic acids is 1. The molecule has 0 unspecified atom stereocenters. The Morgan fingerprint density at radius 2 is 1.57 bits per heavy atom. The highest BCUT2D eigenvalue weighted by Crippen LogP contribution is 2.68. The van der Waals surface area contributed by atoms with Crippen LogP contribution in [0.3, 0.4) is 0 Å². The number of fused-ring (bicyclic) bond motifs is 4. The molecule has 7 rings (SSSR count). The number of aromatic nitrogens is 5. The molecule has 1 saturated carbocycles. The van der Waals surface area contributed by atoms with Crippen LogP contribution in [-0.4, -0.2) is 135 Å². The number of aliphatic carboxylic acids is 1. The number of nitrogens with one attached hydrogen (secondary N) is 1. The van der Waals surface area contributed by atoms with E-state index in [4.69, 9.17) is 26.1 Å². The van der Waals surface area contributed by atoms with E-state index in [0.29, 0.717) is 17.2 Å². The second-order valence-electron chi connectivity index (χ2n) is 19.5. The van der Waals surface area contributed by atoms with E-state index in [1.54, 1.807) is 0 Å². The highest BCUT2D eigenvalue weighted by Gasteiger charge is 2.68. The summed E-state index contributed by atoms with van der Waals surface area (Å²) in [5.74, 6) is -8.50. The van der Waals surface area contributed by atoms with Gasteiger partial charge in [0.05, 0.1) is 40.5 Å². The standard InChI is InChI=1S/C47H44ClF10N8O15PS2/c1-22(41(68)69)63(42(70)80-21-81-82(72,73)74)12-13-79-43(71)66(84(5,77)78)40-35-31(48)9-8-28(37(35)65(62-40)20-45(51,52)53)27-7-6-26(10-11-44(2,3)83(4,75)76)59-36(27)32(16-23-14-24(49)17-25(50)15-23)60-33(67)19-64-39-34(38(61-64)47(56,57)58)29-18-30(29)46(39,54)55/h6-9,14-15,17,22,29-30,32H,12-13,16,18-21H2,1-5H3,(H,60,67)(H,68,69)(H2,72,73,74)/t22-,29-,30+,32-/m0/s1. The quantitative estimate of drug-likeness (QED) is 0.0275. The average Bonchev–Trinajstić information content (AvgIpc) is 1.53. The van der Waals surface area contributed by atoms with Gasteiger partial charge in [0.1, 0.15) is 53.5 Å². The lowest BCUT2D eigenvalue weighted by Crippen LogP contribution is -2.46. The molecule has 0 spiro atoms. The van der Waals surface area contributed by atoms with Crippen LogP contribution in [-0.2, 0) is 79.6 Å². The summed E-state index contributed by atoms with van der Waals surface area (Å²) in [7, 11) is -14.4. The zero-order chi connectivity index (χ0) is 62.8. The van der Waals surface area contributed by atoms with Gasteiger partial charge < -0.3 is 29.7 Å². The minimum Gasteiger partial charge on any atom is -0.480 e. The molecule has 2 aliphatic carbocycles. The summed E-state index contributed by atoms with van der Waals surface area (Å²) in [6.45, 7) is -3.83. The summed E-state index contributed by atoms with van der Waals surface area (Å²) in [6, 6.07) is 2.19. The number of carboxylic acid groups (broad SMARTS) is 1. The molecule has 4 N–H and O–H groups in total. The number of halogens is 11. The molecule has 3 aromatic heterocycles. The van der Waals surface area contributed by atoms with Gasteiger partial charge in [0.15, 0.2) is 21.3 Å². The largest absolute Gasteiger partial charge is 0.480 e. The number of nitrogens with zero attached hydrogens (tertiary/aromatic N) is 7. The molecule has 84 heavy (non-hydrogen) atoms. The van der Waals surface area contributed by atoms with Crippen molar-refractivity contribution in [3.8, 4) is 23.0 Å². The molecule has 3 heterocycles. The monoisotopic (exact) mass is 1280 g/mol. The van der Waals surface area contributed by atoms with Crippen molar-refractivity contribution < 1.29 is 113 Å². The maximum Gasteiger partial charge on any atom is 0.472 e. The lowest BCUT2D eigenvalue weighted by atomic mass is 9.93. The molecular formula is C47H44ClF10N8O15PS2. The molecule has 1 fully saturated rings. The average molecular weight is 1280 g/mol. The molecule has 0 aliphatic heterocycles. The van der Waals surface area contributed by atoms with Gasteiger partial charge in [0, 0.05) is 34.9 Å². The van der Waals surface area contributed by atoms with E-state index < -0.39 is 211 Å². The summed E-state index contributed by atoms with van der Waals surface area (Å²) in [6.07, 6.45) is -14.1. The van der Waals surface area contributed by atoms with E-state index in [2.05, 4.69) is 41.6 Å². The van der Waals surface area contributed by atoms with Crippen molar-refractivity contribution in [3.63, 3.8) is 0 Å². The lowest BCUT2D eigenvalue weighted by Gasteiger charge is -2.26. The zero-order valence-electron chi connectivity index (χ0n) is 43.6. The molecule has 3 amide bonds. The van der Waals surface area contributed by atoms with Crippen LogP contribution in [0.4, 0.5) is 59.3 Å². The first-order valence-corrected chi connectivity index (χ1v) is 29.5. The van der Waals surface area contributed by atoms with Crippen LogP contribution in [0.1, 0.15) is 73.1 Å². The smallest absolute Gasteiger partial charge is 0.472 e. The number of pyridine rings is 1. The second-order valence-corrected chi connectivity index (χ2v) is 25.6. The van der Waals surface area contributed by atoms with Crippen molar-refractivity contribution in [2.75, 3.05) is 36.8 Å². The summed E-state index contributed by atoms with van der Waals surface area (Å²) < 4.78 is 223. The Bertz CT molecular complexity index is 3830. The van der Waals surface area contributed by atoms with E-state index >= 15 is 8.78 Å². The van der Waals surface area contributed by atoms with Crippen LogP contribution >= 0.6 is 19.4 Å². The molecule has 5 aromatic rings. The van der Waals surface area contributed by atoms with E-state index in [1.165, 1.54) is 13.8 Å². The number of carbonyl (C=O) groups is 4. The molecule has 2 aromatic carbocycles. The highest BCUT2D eigenvalue weighted by atomic mass is 35.5. The highest BCUT2D eigenvalue weighted by molar-refractivity contribution is 7.93. The second kappa shape index (κ2) is 23.1. The fourth-order valence-electron chi connectivity index (χ4n) is 8.87. The topological polar surface area (TPSA) is 309 Å². The number of amides is 3. The van der Waals surface area contributed by atoms with Crippen molar-refractivity contribution >= 4 is 80.1 Å². The van der Waals surface area contributed by atoms with Crippen molar-refractivity contribution in [3.05, 3.63) is 93.0 Å². The molecular weight excluding hydrogens is 1240 g/mol. The van der Waals surface area contributed by atoms with Gasteiger partial charge >= 0.3 is 38.3 Å². The molecule has 0 radical (unpaired) electrons. The van der Waals surface area contributed by atoms with Crippen LogP contribution in [0.2, 0.25) is 5.02 Å². The number of phosphoric acid groups is 1. The molecule has 2 aliphatic rings. The van der Waals surface area contributed by atoms with E-state index in [1.807, 2.05) is 0 Å². The Balaban J connectivity index is 1.41. The van der Waals surface area contributed by atoms with Gasteiger partial charge in [-0.1, -0.05) is 23.6 Å². The number of sulfonamides is 1. The number of anilines is 1. The first-order chi connectivity index (χ1) is 38.5. The van der Waals surface area contributed by atoms with Gasteiger partial charge in [-0.05, 0) is 81.3 Å². The number of phosphoric ester groups is 1. The van der Waals surface area contributed by atoms with Gasteiger partial charge in [0.2, 0.25) is 22.7 Å². The van der Waals surface area contributed by atoms with Crippen molar-refractivity contribution in [2.45, 2.75) is 87.7 Å². The number of rotatable bonds is 19. The molecule has 37 heteroatoms. The Labute approximate surface area is 473 Å². The van der Waals surface area contributed by atoms with Gasteiger partial charge in [-0.25, -0.2) is 54.1 Å². The number of carbonyl (C=O) groups excluding carboxylic acids is 3. The number of ether oxygens (including phenoxy) is 2. The first-order valence-electron chi connectivity index (χ1n) is 23.8. The number of benzene rings is 2. The SMILES string of the molecule is C[C@@H](C(=O)O)N(CCOC(=O)N(c1nn(CC(F)(F)F)c2c(-c3ccc(C#CC(C)(C)S(C)(=O)=O)nc3[C@H](Cc3cc(F)cc(F)c3)NC(=O)Cn3nc(C(F)(F)F)c4c3C(F)(F)[C@@H]3C[C@H]43)ccc(Cl)c12)S(C)(=O)=O)C(=O)OCOP(=O)(O)O. The molecule has 0 saturated heterocycles. The number of hydrogen-bond acceptors (Lipinski definition) is 15. The molecule has 23 nitrogen and oxygen atoms in total. The predicted octanol–water partition coefficient (Wildman–Crippen LogP) is 7.17. The lowest BCUT2D eigenvalue weighted by molar-refractivity contribution is -0.143. The normalized spacial score (nSPS) is 16.6. The minimum absolute atomic E-state index is 0.103. The van der Waals surface area contributed by atoms with Crippen molar-refractivity contribution in [1.82, 2.24) is 34.8 Å². The maximum absolute atomic E-state index is 15.7. The van der Waals surface area contributed by atoms with Crippen molar-refractivity contribution in [1.29, 1.82) is 0 Å². The van der Waals surface area contributed by atoms with Crippen LogP contribution < -0.4 is 9.62 Å². The van der Waals surface area contributed by atoms with E-state index in [-0.39, 0.29) is 25.7 Å². The maximum atomic E-state index is 15.7. The van der Waals surface area contributed by atoms with Crippen LogP contribution in [0.5, 0.6) is 0 Å². The minimum atomic E-state index is -5.29.